The molecule has 2 aliphatic heterocycles. The number of hydrogen-bond donors (Lipinski definition) is 0. The van der Waals surface area contributed by atoms with Crippen molar-refractivity contribution < 1.29 is 0 Å². The molecule has 12 aromatic rings. The topological polar surface area (TPSA) is 27.5 Å². The average Bonchev–Trinajstić information content (AvgIpc) is 3.80. The lowest BCUT2D eigenvalue weighted by Crippen LogP contribution is -2.37. The van der Waals surface area contributed by atoms with Gasteiger partial charge in [0.25, 0.3) is 0 Å². The van der Waals surface area contributed by atoms with Crippen molar-refractivity contribution in [2.75, 3.05) is 14.7 Å². The molecule has 14 rings (SSSR count). The SMILES string of the molecule is CC1(C)c2ccccc2N(c2cc(N3c4ccccc4C(c4ccccc4)(c4ccccc4)c4ccncc43)cc(-n3c4ccccc4c4ccccc43)c2)c2ccc(N(c3ccccc3)c3ccccc3)cc21. The van der Waals surface area contributed by atoms with Gasteiger partial charge >= 0.3 is 0 Å². The van der Waals surface area contributed by atoms with Gasteiger partial charge in [-0.25, -0.2) is 0 Å². The van der Waals surface area contributed by atoms with E-state index in [4.69, 9.17) is 4.98 Å². The van der Waals surface area contributed by atoms with Gasteiger partial charge in [0.15, 0.2) is 0 Å². The average molecular weight is 950 g/mol. The number of para-hydroxylation sites is 6. The summed E-state index contributed by atoms with van der Waals surface area (Å²) in [6.45, 7) is 4.75. The van der Waals surface area contributed by atoms with Crippen LogP contribution in [0.25, 0.3) is 27.5 Å². The summed E-state index contributed by atoms with van der Waals surface area (Å²) < 4.78 is 2.46. The predicted molar refractivity (Wildman–Crippen MR) is 307 cm³/mol. The van der Waals surface area contributed by atoms with E-state index in [0.29, 0.717) is 0 Å². The van der Waals surface area contributed by atoms with Crippen LogP contribution in [0.4, 0.5) is 51.2 Å². The minimum absolute atomic E-state index is 0.348. The van der Waals surface area contributed by atoms with Crippen molar-refractivity contribution in [3.8, 4) is 5.69 Å². The Morgan fingerprint density at radius 3 is 1.39 bits per heavy atom. The van der Waals surface area contributed by atoms with Crippen molar-refractivity contribution >= 4 is 73.0 Å². The third-order valence-electron chi connectivity index (χ3n) is 15.6. The minimum Gasteiger partial charge on any atom is -0.310 e. The molecule has 0 unspecified atom stereocenters. The Hall–Kier alpha value is -9.45. The molecule has 0 N–H and O–H groups in total. The van der Waals surface area contributed by atoms with Crippen LogP contribution in [0.2, 0.25) is 0 Å². The molecule has 0 bridgehead atoms. The van der Waals surface area contributed by atoms with Crippen LogP contribution in [0, 0.1) is 0 Å². The number of pyridine rings is 1. The van der Waals surface area contributed by atoms with E-state index in [0.717, 1.165) is 73.5 Å². The first-order chi connectivity index (χ1) is 36.5. The molecular weight excluding hydrogens is 899 g/mol. The fourth-order valence-corrected chi connectivity index (χ4v) is 12.5. The largest absolute Gasteiger partial charge is 0.310 e. The third-order valence-corrected chi connectivity index (χ3v) is 15.6. The summed E-state index contributed by atoms with van der Waals surface area (Å²) in [6.07, 6.45) is 4.03. The Morgan fingerprint density at radius 1 is 0.351 bits per heavy atom. The second-order valence-electron chi connectivity index (χ2n) is 20.0. The molecule has 0 fully saturated rings. The fraction of sp³-hybridized carbons (Fsp3) is 0.0580. The van der Waals surface area contributed by atoms with Gasteiger partial charge in [-0.1, -0.05) is 184 Å². The maximum atomic E-state index is 4.95. The maximum Gasteiger partial charge on any atom is 0.0743 e. The number of aromatic nitrogens is 2. The zero-order valence-electron chi connectivity index (χ0n) is 41.2. The Kier molecular flexibility index (Phi) is 10.0. The van der Waals surface area contributed by atoms with E-state index in [-0.39, 0.29) is 5.41 Å². The highest BCUT2D eigenvalue weighted by Gasteiger charge is 2.47. The van der Waals surface area contributed by atoms with Crippen LogP contribution in [-0.4, -0.2) is 9.55 Å². The summed E-state index contributed by atoms with van der Waals surface area (Å²) in [6, 6.07) is 95.5. The van der Waals surface area contributed by atoms with Crippen LogP contribution in [-0.2, 0) is 10.8 Å². The highest BCUT2D eigenvalue weighted by atomic mass is 15.2. The first-order valence-electron chi connectivity index (χ1n) is 25.5. The quantitative estimate of drug-likeness (QED) is 0.152. The summed E-state index contributed by atoms with van der Waals surface area (Å²) in [5, 5.41) is 2.43. The number of nitrogens with zero attached hydrogens (tertiary/aromatic N) is 5. The van der Waals surface area contributed by atoms with E-state index < -0.39 is 5.41 Å². The number of hydrogen-bond acceptors (Lipinski definition) is 4. The molecule has 2 aromatic heterocycles. The van der Waals surface area contributed by atoms with E-state index in [1.165, 1.54) is 38.6 Å². The normalized spacial score (nSPS) is 14.0. The third kappa shape index (κ3) is 6.53. The van der Waals surface area contributed by atoms with Gasteiger partial charge < -0.3 is 19.3 Å². The maximum absolute atomic E-state index is 4.95. The summed E-state index contributed by atoms with van der Waals surface area (Å²) >= 11 is 0. The van der Waals surface area contributed by atoms with Crippen molar-refractivity contribution in [1.82, 2.24) is 9.55 Å². The summed E-state index contributed by atoms with van der Waals surface area (Å²) in [4.78, 5) is 12.3. The van der Waals surface area contributed by atoms with Gasteiger partial charge in [0.05, 0.1) is 62.5 Å². The predicted octanol–water partition coefficient (Wildman–Crippen LogP) is 17.9. The Bertz CT molecular complexity index is 3890. The first-order valence-corrected chi connectivity index (χ1v) is 25.5. The van der Waals surface area contributed by atoms with Crippen LogP contribution in [0.5, 0.6) is 0 Å². The molecule has 0 saturated carbocycles. The van der Waals surface area contributed by atoms with Crippen LogP contribution in [0.15, 0.2) is 273 Å². The lowest BCUT2D eigenvalue weighted by molar-refractivity contribution is 0.632. The molecule has 0 amide bonds. The van der Waals surface area contributed by atoms with Crippen molar-refractivity contribution in [1.29, 1.82) is 0 Å². The van der Waals surface area contributed by atoms with Crippen molar-refractivity contribution in [2.45, 2.75) is 24.7 Å². The lowest BCUT2D eigenvalue weighted by atomic mass is 9.62. The monoisotopic (exact) mass is 949 g/mol. The zero-order chi connectivity index (χ0) is 49.4. The molecular formula is C69H51N5. The Balaban J connectivity index is 1.06. The van der Waals surface area contributed by atoms with Crippen LogP contribution in [0.3, 0.4) is 0 Å². The van der Waals surface area contributed by atoms with Crippen LogP contribution < -0.4 is 14.7 Å². The minimum atomic E-state index is -0.636. The molecule has 0 atom stereocenters. The second-order valence-corrected chi connectivity index (χ2v) is 20.0. The van der Waals surface area contributed by atoms with E-state index >= 15 is 0 Å². The highest BCUT2D eigenvalue weighted by molar-refractivity contribution is 6.09. The summed E-state index contributed by atoms with van der Waals surface area (Å²) in [5.41, 5.74) is 19.4. The molecule has 5 heteroatoms. The van der Waals surface area contributed by atoms with E-state index in [2.05, 4.69) is 300 Å². The Morgan fingerprint density at radius 2 is 0.797 bits per heavy atom. The highest BCUT2D eigenvalue weighted by Crippen LogP contribution is 2.59. The van der Waals surface area contributed by atoms with Gasteiger partial charge in [0.2, 0.25) is 0 Å². The van der Waals surface area contributed by atoms with Gasteiger partial charge in [0, 0.05) is 39.4 Å². The van der Waals surface area contributed by atoms with E-state index in [1.807, 2.05) is 6.20 Å². The van der Waals surface area contributed by atoms with Gasteiger partial charge in [-0.15, -0.1) is 0 Å². The molecule has 5 nitrogen and oxygen atoms in total. The smallest absolute Gasteiger partial charge is 0.0743 e. The van der Waals surface area contributed by atoms with Crippen LogP contribution in [0.1, 0.15) is 47.2 Å². The molecule has 4 heterocycles. The van der Waals surface area contributed by atoms with Crippen molar-refractivity contribution in [2.24, 2.45) is 0 Å². The molecule has 0 aliphatic carbocycles. The van der Waals surface area contributed by atoms with Crippen molar-refractivity contribution in [3.05, 3.63) is 307 Å². The van der Waals surface area contributed by atoms with Gasteiger partial charge in [-0.2, -0.15) is 0 Å². The second kappa shape index (κ2) is 17.1. The fourth-order valence-electron chi connectivity index (χ4n) is 12.5. The molecule has 74 heavy (non-hydrogen) atoms. The van der Waals surface area contributed by atoms with Gasteiger partial charge in [-0.05, 0) is 124 Å². The van der Waals surface area contributed by atoms with Gasteiger partial charge in [-0.3, -0.25) is 4.98 Å². The number of fused-ring (bicyclic) bond motifs is 7. The Labute approximate surface area is 432 Å². The molecule has 352 valence electrons. The molecule has 2 aliphatic rings. The summed E-state index contributed by atoms with van der Waals surface area (Å²) in [5.74, 6) is 0. The standard InChI is InChI=1S/C69H51N5/c1-68(2)58-33-17-21-37-64(58)73(66-40-39-52(46-61(66)68)71(50-27-11-5-12-28-50)51-29-13-6-14-30-51)54-43-53(72-62-35-19-15-31-56(62)57-32-16-20-36-63(57)72)44-55(45-54)74-65-38-22-18-34-59(65)69(48-23-7-3-8-24-48,49-25-9-4-10-26-49)60-41-42-70-47-67(60)74/h3-47H,1-2H3. The van der Waals surface area contributed by atoms with Crippen LogP contribution >= 0.6 is 0 Å². The zero-order valence-corrected chi connectivity index (χ0v) is 41.2. The lowest BCUT2D eigenvalue weighted by Gasteiger charge is -2.46. The molecule has 0 radical (unpaired) electrons. The molecule has 0 spiro atoms. The van der Waals surface area contributed by atoms with Crippen molar-refractivity contribution in [3.63, 3.8) is 0 Å². The van der Waals surface area contributed by atoms with Gasteiger partial charge in [0.1, 0.15) is 0 Å². The first kappa shape index (κ1) is 43.3. The molecule has 0 saturated heterocycles. The number of anilines is 9. The molecule has 10 aromatic carbocycles. The van der Waals surface area contributed by atoms with E-state index in [1.54, 1.807) is 0 Å². The van der Waals surface area contributed by atoms with E-state index in [9.17, 15) is 0 Å². The number of benzene rings is 10. The summed E-state index contributed by atoms with van der Waals surface area (Å²) in [7, 11) is 0. The number of rotatable bonds is 8.